The van der Waals surface area contributed by atoms with Crippen LogP contribution in [0.1, 0.15) is 10.4 Å². The molecule has 15 heavy (non-hydrogen) atoms. The van der Waals surface area contributed by atoms with Crippen LogP contribution in [0.2, 0.25) is 0 Å². The Morgan fingerprint density at radius 1 is 1.47 bits per heavy atom. The van der Waals surface area contributed by atoms with Gasteiger partial charge in [-0.25, -0.2) is 0 Å². The van der Waals surface area contributed by atoms with E-state index in [-0.39, 0.29) is 5.78 Å². The number of hydrogen-bond donors (Lipinski definition) is 1. The van der Waals surface area contributed by atoms with Gasteiger partial charge in [0.15, 0.2) is 5.78 Å². The van der Waals surface area contributed by atoms with Crippen LogP contribution < -0.4 is 5.32 Å². The lowest BCUT2D eigenvalue weighted by atomic mass is 10.1. The predicted molar refractivity (Wildman–Crippen MR) is 57.8 cm³/mol. The SMILES string of the molecule is CNCC(=O)c1cnc2cnccc2c1. The molecule has 0 radical (unpaired) electrons. The Labute approximate surface area is 87.4 Å². The molecule has 4 heteroatoms. The third kappa shape index (κ3) is 1.99. The molecule has 0 aromatic carbocycles. The Balaban J connectivity index is 2.42. The summed E-state index contributed by atoms with van der Waals surface area (Å²) in [5.41, 5.74) is 1.43. The van der Waals surface area contributed by atoms with Gasteiger partial charge >= 0.3 is 0 Å². The molecule has 0 fully saturated rings. The van der Waals surface area contributed by atoms with Gasteiger partial charge in [-0.3, -0.25) is 14.8 Å². The quantitative estimate of drug-likeness (QED) is 0.753. The number of Topliss-reactive ketones (excluding diaryl/α,β-unsaturated/α-hetero) is 1. The number of aromatic nitrogens is 2. The first-order chi connectivity index (χ1) is 7.31. The summed E-state index contributed by atoms with van der Waals surface area (Å²) in [4.78, 5) is 19.7. The number of pyridine rings is 2. The molecule has 0 unspecified atom stereocenters. The van der Waals surface area contributed by atoms with Crippen LogP contribution >= 0.6 is 0 Å². The number of rotatable bonds is 3. The molecule has 1 N–H and O–H groups in total. The van der Waals surface area contributed by atoms with Crippen molar-refractivity contribution in [1.82, 2.24) is 15.3 Å². The van der Waals surface area contributed by atoms with Crippen LogP contribution in [0.5, 0.6) is 0 Å². The van der Waals surface area contributed by atoms with Gasteiger partial charge in [0.05, 0.1) is 18.3 Å². The molecule has 0 aliphatic heterocycles. The highest BCUT2D eigenvalue weighted by molar-refractivity contribution is 5.99. The molecule has 0 saturated heterocycles. The average Bonchev–Trinajstić information content (AvgIpc) is 2.29. The van der Waals surface area contributed by atoms with Gasteiger partial charge in [-0.05, 0) is 19.2 Å². The lowest BCUT2D eigenvalue weighted by Crippen LogP contribution is -2.18. The first-order valence-electron chi connectivity index (χ1n) is 4.69. The fourth-order valence-electron chi connectivity index (χ4n) is 1.39. The molecular formula is C11H11N3O. The summed E-state index contributed by atoms with van der Waals surface area (Å²) in [5.74, 6) is 0.0451. The lowest BCUT2D eigenvalue weighted by molar-refractivity contribution is 0.0993. The van der Waals surface area contributed by atoms with Gasteiger partial charge in [-0.1, -0.05) is 0 Å². The minimum Gasteiger partial charge on any atom is -0.313 e. The van der Waals surface area contributed by atoms with E-state index in [1.54, 1.807) is 25.6 Å². The Morgan fingerprint density at radius 3 is 3.13 bits per heavy atom. The standard InChI is InChI=1S/C11H11N3O/c1-12-7-11(15)9-4-8-2-3-13-6-10(8)14-5-9/h2-6,12H,7H2,1H3. The molecule has 2 aromatic heterocycles. The second kappa shape index (κ2) is 4.14. The van der Waals surface area contributed by atoms with E-state index in [4.69, 9.17) is 0 Å². The molecule has 76 valence electrons. The third-order valence-corrected chi connectivity index (χ3v) is 2.15. The van der Waals surface area contributed by atoms with Crippen molar-refractivity contribution in [2.45, 2.75) is 0 Å². The van der Waals surface area contributed by atoms with Crippen LogP contribution in [0.3, 0.4) is 0 Å². The number of nitrogens with zero attached hydrogens (tertiary/aromatic N) is 2. The van der Waals surface area contributed by atoms with Crippen LogP contribution in [0.4, 0.5) is 0 Å². The summed E-state index contributed by atoms with van der Waals surface area (Å²) in [7, 11) is 1.75. The van der Waals surface area contributed by atoms with Crippen molar-refractivity contribution < 1.29 is 4.79 Å². The first kappa shape index (κ1) is 9.73. The minimum atomic E-state index is 0.0451. The van der Waals surface area contributed by atoms with Crippen LogP contribution in [-0.2, 0) is 0 Å². The summed E-state index contributed by atoms with van der Waals surface area (Å²) in [5, 5.41) is 3.76. The molecule has 0 bridgehead atoms. The number of likely N-dealkylation sites (N-methyl/N-ethyl adjacent to an activating group) is 1. The molecule has 2 aromatic rings. The third-order valence-electron chi connectivity index (χ3n) is 2.15. The van der Waals surface area contributed by atoms with Crippen molar-refractivity contribution in [3.05, 3.63) is 36.3 Å². The van der Waals surface area contributed by atoms with Gasteiger partial charge in [-0.15, -0.1) is 0 Å². The zero-order chi connectivity index (χ0) is 10.7. The number of ketones is 1. The van der Waals surface area contributed by atoms with E-state index < -0.39 is 0 Å². The van der Waals surface area contributed by atoms with Gasteiger partial charge in [0.25, 0.3) is 0 Å². The monoisotopic (exact) mass is 201 g/mol. The molecular weight excluding hydrogens is 190 g/mol. The molecule has 0 amide bonds. The first-order valence-corrected chi connectivity index (χ1v) is 4.69. The van der Waals surface area contributed by atoms with Crippen molar-refractivity contribution in [3.63, 3.8) is 0 Å². The van der Waals surface area contributed by atoms with Crippen molar-refractivity contribution in [1.29, 1.82) is 0 Å². The maximum absolute atomic E-state index is 11.6. The maximum Gasteiger partial charge on any atom is 0.178 e. The van der Waals surface area contributed by atoms with Gasteiger partial charge in [-0.2, -0.15) is 0 Å². The molecule has 0 spiro atoms. The summed E-state index contributed by atoms with van der Waals surface area (Å²) in [6, 6.07) is 3.68. The smallest absolute Gasteiger partial charge is 0.178 e. The average molecular weight is 201 g/mol. The molecule has 0 aliphatic rings. The van der Waals surface area contributed by atoms with Gasteiger partial charge in [0.2, 0.25) is 0 Å². The van der Waals surface area contributed by atoms with E-state index in [0.29, 0.717) is 12.1 Å². The number of hydrogen-bond acceptors (Lipinski definition) is 4. The van der Waals surface area contributed by atoms with Crippen LogP contribution in [0.25, 0.3) is 10.9 Å². The van der Waals surface area contributed by atoms with E-state index in [0.717, 1.165) is 10.9 Å². The molecule has 2 heterocycles. The Kier molecular flexibility index (Phi) is 2.69. The fraction of sp³-hybridized carbons (Fsp3) is 0.182. The molecule has 2 rings (SSSR count). The van der Waals surface area contributed by atoms with Crippen molar-refractivity contribution in [3.8, 4) is 0 Å². The van der Waals surface area contributed by atoms with E-state index in [1.165, 1.54) is 0 Å². The van der Waals surface area contributed by atoms with E-state index >= 15 is 0 Å². The molecule has 0 saturated carbocycles. The lowest BCUT2D eigenvalue weighted by Gasteiger charge is -2.01. The van der Waals surface area contributed by atoms with Crippen molar-refractivity contribution in [2.24, 2.45) is 0 Å². The van der Waals surface area contributed by atoms with Gasteiger partial charge < -0.3 is 5.32 Å². The predicted octanol–water partition coefficient (Wildman–Crippen LogP) is 1.03. The number of fused-ring (bicyclic) bond motifs is 1. The number of carbonyl (C=O) groups is 1. The second-order valence-corrected chi connectivity index (χ2v) is 3.25. The topological polar surface area (TPSA) is 54.9 Å². The normalized spacial score (nSPS) is 10.5. The Hall–Kier alpha value is -1.81. The Bertz CT molecular complexity index is 496. The van der Waals surface area contributed by atoms with Crippen molar-refractivity contribution >= 4 is 16.7 Å². The van der Waals surface area contributed by atoms with Gasteiger partial charge in [0, 0.05) is 23.3 Å². The molecule has 4 nitrogen and oxygen atoms in total. The second-order valence-electron chi connectivity index (χ2n) is 3.25. The zero-order valence-electron chi connectivity index (χ0n) is 8.40. The van der Waals surface area contributed by atoms with Gasteiger partial charge in [0.1, 0.15) is 0 Å². The largest absolute Gasteiger partial charge is 0.313 e. The zero-order valence-corrected chi connectivity index (χ0v) is 8.40. The highest BCUT2D eigenvalue weighted by atomic mass is 16.1. The van der Waals surface area contributed by atoms with E-state index in [1.807, 2.05) is 12.1 Å². The molecule has 0 aliphatic carbocycles. The van der Waals surface area contributed by atoms with Crippen molar-refractivity contribution in [2.75, 3.05) is 13.6 Å². The summed E-state index contributed by atoms with van der Waals surface area (Å²) in [6.45, 7) is 0.332. The van der Waals surface area contributed by atoms with E-state index in [9.17, 15) is 4.79 Å². The van der Waals surface area contributed by atoms with Crippen LogP contribution in [0.15, 0.2) is 30.7 Å². The summed E-state index contributed by atoms with van der Waals surface area (Å²) < 4.78 is 0. The van der Waals surface area contributed by atoms with E-state index in [2.05, 4.69) is 15.3 Å². The molecule has 0 atom stereocenters. The summed E-state index contributed by atoms with van der Waals surface area (Å²) in [6.07, 6.45) is 4.96. The number of nitrogens with one attached hydrogen (secondary N) is 1. The maximum atomic E-state index is 11.6. The Morgan fingerprint density at radius 2 is 2.33 bits per heavy atom. The highest BCUT2D eigenvalue weighted by Crippen LogP contribution is 2.11. The number of carbonyl (C=O) groups excluding carboxylic acids is 1. The minimum absolute atomic E-state index is 0.0451. The highest BCUT2D eigenvalue weighted by Gasteiger charge is 2.05. The fourth-order valence-corrected chi connectivity index (χ4v) is 1.39. The van der Waals surface area contributed by atoms with Crippen LogP contribution in [0, 0.1) is 0 Å². The van der Waals surface area contributed by atoms with Crippen LogP contribution in [-0.4, -0.2) is 29.3 Å². The summed E-state index contributed by atoms with van der Waals surface area (Å²) >= 11 is 0.